The van der Waals surface area contributed by atoms with Crippen molar-refractivity contribution in [1.82, 2.24) is 9.38 Å². The third-order valence-corrected chi connectivity index (χ3v) is 4.28. The van der Waals surface area contributed by atoms with Gasteiger partial charge in [-0.1, -0.05) is 0 Å². The SMILES string of the molecule is CCOC1CCCN(c2nc3sccn3c2C(=O)O)C1. The van der Waals surface area contributed by atoms with Gasteiger partial charge in [0.05, 0.1) is 6.10 Å². The number of rotatable bonds is 4. The maximum atomic E-state index is 11.5. The molecule has 2 aromatic rings. The molecule has 1 unspecified atom stereocenters. The van der Waals surface area contributed by atoms with Crippen LogP contribution in [0.15, 0.2) is 11.6 Å². The highest BCUT2D eigenvalue weighted by Crippen LogP contribution is 2.27. The molecule has 0 aromatic carbocycles. The smallest absolute Gasteiger partial charge is 0.356 e. The van der Waals surface area contributed by atoms with Gasteiger partial charge in [-0.3, -0.25) is 4.40 Å². The molecule has 3 rings (SSSR count). The zero-order chi connectivity index (χ0) is 14.1. The molecule has 1 aliphatic heterocycles. The highest BCUT2D eigenvalue weighted by atomic mass is 32.1. The van der Waals surface area contributed by atoms with Crippen LogP contribution in [0.4, 0.5) is 5.82 Å². The van der Waals surface area contributed by atoms with Gasteiger partial charge in [0.25, 0.3) is 0 Å². The van der Waals surface area contributed by atoms with Crippen molar-refractivity contribution in [2.24, 2.45) is 0 Å². The van der Waals surface area contributed by atoms with Gasteiger partial charge < -0.3 is 14.7 Å². The van der Waals surface area contributed by atoms with Crippen LogP contribution in [-0.4, -0.2) is 46.3 Å². The number of aromatic carboxylic acids is 1. The fourth-order valence-corrected chi connectivity index (χ4v) is 3.41. The van der Waals surface area contributed by atoms with Crippen LogP contribution >= 0.6 is 11.3 Å². The van der Waals surface area contributed by atoms with Crippen LogP contribution in [-0.2, 0) is 4.74 Å². The first-order valence-electron chi connectivity index (χ1n) is 6.76. The molecule has 0 spiro atoms. The summed E-state index contributed by atoms with van der Waals surface area (Å²) >= 11 is 1.45. The van der Waals surface area contributed by atoms with Crippen LogP contribution in [0.2, 0.25) is 0 Å². The number of anilines is 1. The molecule has 7 heteroatoms. The molecule has 20 heavy (non-hydrogen) atoms. The second kappa shape index (κ2) is 5.41. The largest absolute Gasteiger partial charge is 0.476 e. The fourth-order valence-electron chi connectivity index (χ4n) is 2.70. The molecule has 0 bridgehead atoms. The summed E-state index contributed by atoms with van der Waals surface area (Å²) in [5.74, 6) is -0.377. The van der Waals surface area contributed by atoms with E-state index in [2.05, 4.69) is 4.98 Å². The van der Waals surface area contributed by atoms with Crippen molar-refractivity contribution in [3.8, 4) is 0 Å². The molecule has 1 atom stereocenters. The van der Waals surface area contributed by atoms with Gasteiger partial charge in [0.15, 0.2) is 16.5 Å². The Kier molecular flexibility index (Phi) is 3.62. The fraction of sp³-hybridized carbons (Fsp3) is 0.538. The zero-order valence-corrected chi connectivity index (χ0v) is 12.1. The van der Waals surface area contributed by atoms with Gasteiger partial charge in [-0.25, -0.2) is 9.78 Å². The Morgan fingerprint density at radius 1 is 1.65 bits per heavy atom. The van der Waals surface area contributed by atoms with Gasteiger partial charge in [-0.05, 0) is 19.8 Å². The van der Waals surface area contributed by atoms with Crippen LogP contribution < -0.4 is 4.90 Å². The summed E-state index contributed by atoms with van der Waals surface area (Å²) in [6, 6.07) is 0. The van der Waals surface area contributed by atoms with Crippen molar-refractivity contribution in [3.05, 3.63) is 17.3 Å². The van der Waals surface area contributed by atoms with Gasteiger partial charge in [-0.15, -0.1) is 11.3 Å². The molecular weight excluding hydrogens is 278 g/mol. The molecule has 0 amide bonds. The summed E-state index contributed by atoms with van der Waals surface area (Å²) in [6.45, 7) is 4.20. The monoisotopic (exact) mass is 295 g/mol. The number of imidazole rings is 1. The molecule has 0 aliphatic carbocycles. The van der Waals surface area contributed by atoms with E-state index in [1.165, 1.54) is 11.3 Å². The minimum atomic E-state index is -0.940. The molecule has 0 radical (unpaired) electrons. The molecule has 1 aliphatic rings. The van der Waals surface area contributed by atoms with Gasteiger partial charge in [-0.2, -0.15) is 0 Å². The van der Waals surface area contributed by atoms with Crippen molar-refractivity contribution in [1.29, 1.82) is 0 Å². The first kappa shape index (κ1) is 13.4. The third kappa shape index (κ3) is 2.27. The normalized spacial score (nSPS) is 19.6. The predicted molar refractivity (Wildman–Crippen MR) is 76.9 cm³/mol. The van der Waals surface area contributed by atoms with Crippen molar-refractivity contribution >= 4 is 28.1 Å². The van der Waals surface area contributed by atoms with E-state index in [0.717, 1.165) is 24.3 Å². The lowest BCUT2D eigenvalue weighted by molar-refractivity contribution is 0.0522. The first-order chi connectivity index (χ1) is 9.70. The molecule has 1 fully saturated rings. The van der Waals surface area contributed by atoms with Gasteiger partial charge in [0.1, 0.15) is 0 Å². The molecule has 1 saturated heterocycles. The Hall–Kier alpha value is -1.60. The molecule has 3 heterocycles. The van der Waals surface area contributed by atoms with Crippen LogP contribution in [0.3, 0.4) is 0 Å². The molecular formula is C13H17N3O3S. The van der Waals surface area contributed by atoms with Crippen molar-refractivity contribution in [2.75, 3.05) is 24.6 Å². The number of hydrogen-bond acceptors (Lipinski definition) is 5. The number of carboxylic acid groups (broad SMARTS) is 1. The minimum Gasteiger partial charge on any atom is -0.476 e. The number of aromatic nitrogens is 2. The van der Waals surface area contributed by atoms with Crippen molar-refractivity contribution in [3.63, 3.8) is 0 Å². The lowest BCUT2D eigenvalue weighted by Crippen LogP contribution is -2.40. The van der Waals surface area contributed by atoms with E-state index < -0.39 is 5.97 Å². The Labute approximate surface area is 120 Å². The average Bonchev–Trinajstić information content (AvgIpc) is 2.98. The summed E-state index contributed by atoms with van der Waals surface area (Å²) in [5.41, 5.74) is 0.249. The van der Waals surface area contributed by atoms with Crippen molar-refractivity contribution < 1.29 is 14.6 Å². The van der Waals surface area contributed by atoms with E-state index in [1.54, 1.807) is 10.6 Å². The van der Waals surface area contributed by atoms with Gasteiger partial charge in [0, 0.05) is 31.3 Å². The topological polar surface area (TPSA) is 67.1 Å². The number of ether oxygens (including phenoxy) is 1. The van der Waals surface area contributed by atoms with Crippen LogP contribution in [0, 0.1) is 0 Å². The number of hydrogen-bond donors (Lipinski definition) is 1. The molecule has 0 saturated carbocycles. The van der Waals surface area contributed by atoms with E-state index in [1.807, 2.05) is 17.2 Å². The quantitative estimate of drug-likeness (QED) is 0.935. The standard InChI is InChI=1S/C13H17N3O3S/c1-2-19-9-4-3-5-15(8-9)11-10(12(17)18)16-6-7-20-13(16)14-11/h6-7,9H,2-5,8H2,1H3,(H,17,18). The Morgan fingerprint density at radius 2 is 2.50 bits per heavy atom. The minimum absolute atomic E-state index is 0.162. The van der Waals surface area contributed by atoms with Crippen molar-refractivity contribution in [2.45, 2.75) is 25.9 Å². The summed E-state index contributed by atoms with van der Waals surface area (Å²) in [4.78, 5) is 18.8. The van der Waals surface area contributed by atoms with Gasteiger partial charge in [0.2, 0.25) is 0 Å². The lowest BCUT2D eigenvalue weighted by atomic mass is 10.1. The zero-order valence-electron chi connectivity index (χ0n) is 11.3. The van der Waals surface area contributed by atoms with E-state index in [0.29, 0.717) is 19.0 Å². The van der Waals surface area contributed by atoms with Crippen LogP contribution in [0.25, 0.3) is 4.96 Å². The number of thiazole rings is 1. The number of carbonyl (C=O) groups is 1. The summed E-state index contributed by atoms with van der Waals surface area (Å²) in [7, 11) is 0. The van der Waals surface area contributed by atoms with E-state index in [9.17, 15) is 9.90 Å². The number of fused-ring (bicyclic) bond motifs is 1. The number of piperidine rings is 1. The first-order valence-corrected chi connectivity index (χ1v) is 7.64. The number of nitrogens with zero attached hydrogens (tertiary/aromatic N) is 3. The summed E-state index contributed by atoms with van der Waals surface area (Å²) < 4.78 is 7.31. The number of carboxylic acids is 1. The van der Waals surface area contributed by atoms with E-state index in [4.69, 9.17) is 4.74 Å². The highest BCUT2D eigenvalue weighted by molar-refractivity contribution is 7.15. The lowest BCUT2D eigenvalue weighted by Gasteiger charge is -2.32. The molecule has 6 nitrogen and oxygen atoms in total. The Morgan fingerprint density at radius 3 is 3.25 bits per heavy atom. The summed E-state index contributed by atoms with van der Waals surface area (Å²) in [5, 5.41) is 11.3. The maximum absolute atomic E-state index is 11.5. The second-order valence-corrected chi connectivity index (χ2v) is 5.68. The van der Waals surface area contributed by atoms with Gasteiger partial charge >= 0.3 is 5.97 Å². The highest BCUT2D eigenvalue weighted by Gasteiger charge is 2.28. The van der Waals surface area contributed by atoms with Crippen LogP contribution in [0.5, 0.6) is 0 Å². The second-order valence-electron chi connectivity index (χ2n) is 4.81. The molecule has 2 aromatic heterocycles. The molecule has 108 valence electrons. The van der Waals surface area contributed by atoms with E-state index >= 15 is 0 Å². The van der Waals surface area contributed by atoms with E-state index in [-0.39, 0.29) is 11.8 Å². The van der Waals surface area contributed by atoms with Crippen LogP contribution in [0.1, 0.15) is 30.3 Å². The predicted octanol–water partition coefficient (Wildman–Crippen LogP) is 2.10. The third-order valence-electron chi connectivity index (χ3n) is 3.53. The Bertz CT molecular complexity index is 619. The Balaban J connectivity index is 1.94. The summed E-state index contributed by atoms with van der Waals surface area (Å²) in [6.07, 6.45) is 3.93. The average molecular weight is 295 g/mol. The maximum Gasteiger partial charge on any atom is 0.356 e. The molecule has 1 N–H and O–H groups in total.